The molecular weight excluding hydrogens is 174 g/mol. The first-order chi connectivity index (χ1) is 6.60. The summed E-state index contributed by atoms with van der Waals surface area (Å²) in [5, 5.41) is 0. The summed E-state index contributed by atoms with van der Waals surface area (Å²) >= 11 is 0. The Balaban J connectivity index is 3.76. The van der Waals surface area contributed by atoms with Crippen molar-refractivity contribution >= 4 is 0 Å². The molecule has 0 saturated carbocycles. The van der Waals surface area contributed by atoms with Crippen LogP contribution in [0.4, 0.5) is 0 Å². The van der Waals surface area contributed by atoms with Gasteiger partial charge >= 0.3 is 0 Å². The van der Waals surface area contributed by atoms with Crippen molar-refractivity contribution in [3.05, 3.63) is 0 Å². The smallest absolute Gasteiger partial charge is 0.0165 e. The maximum atomic E-state index is 5.96. The number of likely N-dealkylation sites (N-methyl/N-ethyl adjacent to an activating group) is 1. The van der Waals surface area contributed by atoms with Crippen LogP contribution in [-0.2, 0) is 0 Å². The number of nitrogens with zero attached hydrogens (tertiary/aromatic N) is 2. The molecule has 0 fully saturated rings. The standard InChI is InChI=1S/C11H27N3/c1-5-7-14(9-8-13(3)4)10-11(12)6-2/h11H,5-10,12H2,1-4H3. The molecule has 0 spiro atoms. The summed E-state index contributed by atoms with van der Waals surface area (Å²) < 4.78 is 0. The highest BCUT2D eigenvalue weighted by molar-refractivity contribution is 4.67. The Morgan fingerprint density at radius 2 is 1.71 bits per heavy atom. The summed E-state index contributed by atoms with van der Waals surface area (Å²) in [4.78, 5) is 4.69. The second-order valence-electron chi connectivity index (χ2n) is 4.27. The predicted octanol–water partition coefficient (Wildman–Crippen LogP) is 0.997. The van der Waals surface area contributed by atoms with E-state index in [1.165, 1.54) is 13.0 Å². The third-order valence-electron chi connectivity index (χ3n) is 2.42. The second kappa shape index (κ2) is 8.21. The number of hydrogen-bond acceptors (Lipinski definition) is 3. The molecule has 2 N–H and O–H groups in total. The molecular formula is C11H27N3. The van der Waals surface area contributed by atoms with Crippen molar-refractivity contribution in [2.45, 2.75) is 32.7 Å². The lowest BCUT2D eigenvalue weighted by Crippen LogP contribution is -2.40. The molecule has 86 valence electrons. The van der Waals surface area contributed by atoms with Crippen LogP contribution in [0.15, 0.2) is 0 Å². The zero-order valence-corrected chi connectivity index (χ0v) is 10.3. The lowest BCUT2D eigenvalue weighted by molar-refractivity contribution is 0.227. The largest absolute Gasteiger partial charge is 0.327 e. The van der Waals surface area contributed by atoms with Crippen LogP contribution in [0.1, 0.15) is 26.7 Å². The number of hydrogen-bond donors (Lipinski definition) is 1. The van der Waals surface area contributed by atoms with E-state index in [1.54, 1.807) is 0 Å². The zero-order valence-electron chi connectivity index (χ0n) is 10.3. The van der Waals surface area contributed by atoms with E-state index in [0.717, 1.165) is 26.1 Å². The lowest BCUT2D eigenvalue weighted by Gasteiger charge is -2.26. The van der Waals surface area contributed by atoms with Crippen LogP contribution in [0.3, 0.4) is 0 Å². The predicted molar refractivity (Wildman–Crippen MR) is 63.6 cm³/mol. The quantitative estimate of drug-likeness (QED) is 0.636. The van der Waals surface area contributed by atoms with Crippen molar-refractivity contribution in [1.82, 2.24) is 9.80 Å². The minimum atomic E-state index is 0.337. The van der Waals surface area contributed by atoms with E-state index in [4.69, 9.17) is 5.73 Å². The Bertz CT molecular complexity index is 126. The van der Waals surface area contributed by atoms with Crippen molar-refractivity contribution in [3.8, 4) is 0 Å². The zero-order chi connectivity index (χ0) is 11.0. The summed E-state index contributed by atoms with van der Waals surface area (Å²) in [5.41, 5.74) is 5.96. The van der Waals surface area contributed by atoms with Gasteiger partial charge in [-0.25, -0.2) is 0 Å². The molecule has 0 amide bonds. The maximum Gasteiger partial charge on any atom is 0.0165 e. The molecule has 0 aromatic rings. The van der Waals surface area contributed by atoms with Crippen molar-refractivity contribution < 1.29 is 0 Å². The van der Waals surface area contributed by atoms with Crippen molar-refractivity contribution in [2.75, 3.05) is 40.3 Å². The van der Waals surface area contributed by atoms with Crippen LogP contribution >= 0.6 is 0 Å². The fraction of sp³-hybridized carbons (Fsp3) is 1.00. The molecule has 0 aromatic heterocycles. The van der Waals surface area contributed by atoms with Crippen LogP contribution in [-0.4, -0.2) is 56.1 Å². The fourth-order valence-electron chi connectivity index (χ4n) is 1.41. The van der Waals surface area contributed by atoms with Gasteiger partial charge in [-0.2, -0.15) is 0 Å². The first-order valence-electron chi connectivity index (χ1n) is 5.72. The van der Waals surface area contributed by atoms with Gasteiger partial charge in [0.05, 0.1) is 0 Å². The van der Waals surface area contributed by atoms with Crippen LogP contribution in [0.2, 0.25) is 0 Å². The van der Waals surface area contributed by atoms with Crippen molar-refractivity contribution in [1.29, 1.82) is 0 Å². The molecule has 0 aliphatic carbocycles. The summed E-state index contributed by atoms with van der Waals surface area (Å²) in [5.74, 6) is 0. The van der Waals surface area contributed by atoms with E-state index in [0.29, 0.717) is 6.04 Å². The van der Waals surface area contributed by atoms with Gasteiger partial charge in [0.2, 0.25) is 0 Å². The summed E-state index contributed by atoms with van der Waals surface area (Å²) in [6.45, 7) is 8.84. The van der Waals surface area contributed by atoms with Gasteiger partial charge in [0.25, 0.3) is 0 Å². The molecule has 0 aliphatic heterocycles. The minimum Gasteiger partial charge on any atom is -0.327 e. The third-order valence-corrected chi connectivity index (χ3v) is 2.42. The first-order valence-corrected chi connectivity index (χ1v) is 5.72. The highest BCUT2D eigenvalue weighted by Crippen LogP contribution is 1.96. The molecule has 1 unspecified atom stereocenters. The molecule has 0 saturated heterocycles. The Hall–Kier alpha value is -0.120. The van der Waals surface area contributed by atoms with Gasteiger partial charge < -0.3 is 15.5 Å². The second-order valence-corrected chi connectivity index (χ2v) is 4.27. The first kappa shape index (κ1) is 13.9. The Morgan fingerprint density at radius 1 is 1.07 bits per heavy atom. The minimum absolute atomic E-state index is 0.337. The van der Waals surface area contributed by atoms with Gasteiger partial charge in [0.1, 0.15) is 0 Å². The van der Waals surface area contributed by atoms with Crippen LogP contribution in [0.5, 0.6) is 0 Å². The average Bonchev–Trinajstić information content (AvgIpc) is 2.14. The molecule has 14 heavy (non-hydrogen) atoms. The van der Waals surface area contributed by atoms with Crippen molar-refractivity contribution in [2.24, 2.45) is 5.73 Å². The van der Waals surface area contributed by atoms with E-state index < -0.39 is 0 Å². The summed E-state index contributed by atoms with van der Waals surface area (Å²) in [7, 11) is 4.23. The highest BCUT2D eigenvalue weighted by Gasteiger charge is 2.08. The molecule has 0 bridgehead atoms. The van der Waals surface area contributed by atoms with Gasteiger partial charge in [0.15, 0.2) is 0 Å². The Labute approximate surface area is 89.2 Å². The molecule has 0 aliphatic rings. The Morgan fingerprint density at radius 3 is 2.14 bits per heavy atom. The van der Waals surface area contributed by atoms with Crippen LogP contribution in [0, 0.1) is 0 Å². The molecule has 0 heterocycles. The average molecular weight is 201 g/mol. The van der Waals surface area contributed by atoms with Crippen LogP contribution < -0.4 is 5.73 Å². The van der Waals surface area contributed by atoms with E-state index in [9.17, 15) is 0 Å². The Kier molecular flexibility index (Phi) is 8.14. The van der Waals surface area contributed by atoms with Gasteiger partial charge in [-0.3, -0.25) is 0 Å². The van der Waals surface area contributed by atoms with Gasteiger partial charge in [-0.1, -0.05) is 13.8 Å². The normalized spacial score (nSPS) is 13.9. The molecule has 0 radical (unpaired) electrons. The van der Waals surface area contributed by atoms with E-state index in [-0.39, 0.29) is 0 Å². The molecule has 3 heteroatoms. The SMILES string of the molecule is CCCN(CCN(C)C)CC(N)CC. The molecule has 0 rings (SSSR count). The van der Waals surface area contributed by atoms with E-state index in [2.05, 4.69) is 37.7 Å². The van der Waals surface area contributed by atoms with Crippen LogP contribution in [0.25, 0.3) is 0 Å². The molecule has 3 nitrogen and oxygen atoms in total. The summed E-state index contributed by atoms with van der Waals surface area (Å²) in [6.07, 6.45) is 2.28. The van der Waals surface area contributed by atoms with Gasteiger partial charge in [-0.05, 0) is 33.5 Å². The monoisotopic (exact) mass is 201 g/mol. The maximum absolute atomic E-state index is 5.96. The van der Waals surface area contributed by atoms with Crippen molar-refractivity contribution in [3.63, 3.8) is 0 Å². The molecule has 0 aromatic carbocycles. The topological polar surface area (TPSA) is 32.5 Å². The number of nitrogens with two attached hydrogens (primary N) is 1. The fourth-order valence-corrected chi connectivity index (χ4v) is 1.41. The summed E-state index contributed by atoms with van der Waals surface area (Å²) in [6, 6.07) is 0.337. The third kappa shape index (κ3) is 7.30. The highest BCUT2D eigenvalue weighted by atomic mass is 15.2. The van der Waals surface area contributed by atoms with E-state index >= 15 is 0 Å². The van der Waals surface area contributed by atoms with E-state index in [1.807, 2.05) is 0 Å². The lowest BCUT2D eigenvalue weighted by atomic mass is 10.2. The molecule has 1 atom stereocenters. The van der Waals surface area contributed by atoms with Gasteiger partial charge in [0, 0.05) is 25.7 Å². The van der Waals surface area contributed by atoms with Gasteiger partial charge in [-0.15, -0.1) is 0 Å². The number of rotatable bonds is 8.